The third-order valence-electron chi connectivity index (χ3n) is 2.96. The number of hydrogen-bond acceptors (Lipinski definition) is 6. The number of nitrogens with one attached hydrogen (secondary N) is 1. The SMILES string of the molecule is COc1ccc2ccnc(NCc3noc(C)n3)c2c1. The van der Waals surface area contributed by atoms with Crippen LogP contribution < -0.4 is 10.1 Å². The molecule has 1 N–H and O–H groups in total. The maximum absolute atomic E-state index is 5.25. The first-order valence-electron chi connectivity index (χ1n) is 6.22. The normalized spacial score (nSPS) is 10.7. The second kappa shape index (κ2) is 5.16. The van der Waals surface area contributed by atoms with Gasteiger partial charge in [0.15, 0.2) is 5.82 Å². The molecule has 0 atom stereocenters. The highest BCUT2D eigenvalue weighted by atomic mass is 16.5. The molecule has 0 radical (unpaired) electrons. The summed E-state index contributed by atoms with van der Waals surface area (Å²) in [6.07, 6.45) is 1.76. The summed E-state index contributed by atoms with van der Waals surface area (Å²) in [4.78, 5) is 8.50. The number of anilines is 1. The molecule has 0 fully saturated rings. The van der Waals surface area contributed by atoms with E-state index in [0.29, 0.717) is 18.3 Å². The monoisotopic (exact) mass is 270 g/mol. The Morgan fingerprint density at radius 2 is 2.20 bits per heavy atom. The summed E-state index contributed by atoms with van der Waals surface area (Å²) >= 11 is 0. The predicted octanol–water partition coefficient (Wildman–Crippen LogP) is 2.55. The third kappa shape index (κ3) is 2.40. The quantitative estimate of drug-likeness (QED) is 0.785. The lowest BCUT2D eigenvalue weighted by Crippen LogP contribution is -2.03. The fourth-order valence-corrected chi connectivity index (χ4v) is 1.99. The number of pyridine rings is 1. The molecule has 0 aliphatic heterocycles. The largest absolute Gasteiger partial charge is 0.497 e. The molecule has 3 aromatic rings. The van der Waals surface area contributed by atoms with Crippen LogP contribution in [-0.2, 0) is 6.54 Å². The number of aromatic nitrogens is 3. The van der Waals surface area contributed by atoms with Gasteiger partial charge in [0.25, 0.3) is 0 Å². The topological polar surface area (TPSA) is 73.1 Å². The van der Waals surface area contributed by atoms with Crippen LogP contribution in [0.1, 0.15) is 11.7 Å². The summed E-state index contributed by atoms with van der Waals surface area (Å²) in [5.74, 6) is 2.71. The van der Waals surface area contributed by atoms with E-state index in [9.17, 15) is 0 Å². The van der Waals surface area contributed by atoms with Crippen LogP contribution >= 0.6 is 0 Å². The highest BCUT2D eigenvalue weighted by Crippen LogP contribution is 2.25. The summed E-state index contributed by atoms with van der Waals surface area (Å²) in [6, 6.07) is 7.83. The molecule has 1 aromatic carbocycles. The molecule has 6 nitrogen and oxygen atoms in total. The fraction of sp³-hybridized carbons (Fsp3) is 0.214. The summed E-state index contributed by atoms with van der Waals surface area (Å²) < 4.78 is 10.2. The first-order valence-corrected chi connectivity index (χ1v) is 6.22. The van der Waals surface area contributed by atoms with Crippen molar-refractivity contribution in [1.82, 2.24) is 15.1 Å². The zero-order valence-corrected chi connectivity index (χ0v) is 11.3. The van der Waals surface area contributed by atoms with E-state index < -0.39 is 0 Å². The number of benzene rings is 1. The molecule has 2 aromatic heterocycles. The van der Waals surface area contributed by atoms with Crippen LogP contribution in [0.3, 0.4) is 0 Å². The van der Waals surface area contributed by atoms with E-state index in [-0.39, 0.29) is 0 Å². The van der Waals surface area contributed by atoms with E-state index in [0.717, 1.165) is 22.3 Å². The van der Waals surface area contributed by atoms with Gasteiger partial charge in [0, 0.05) is 18.5 Å². The molecule has 0 aliphatic rings. The lowest BCUT2D eigenvalue weighted by atomic mass is 10.1. The number of aryl methyl sites for hydroxylation is 1. The van der Waals surface area contributed by atoms with E-state index in [1.54, 1.807) is 20.2 Å². The van der Waals surface area contributed by atoms with Crippen molar-refractivity contribution in [3.63, 3.8) is 0 Å². The van der Waals surface area contributed by atoms with Crippen molar-refractivity contribution in [1.29, 1.82) is 0 Å². The number of hydrogen-bond donors (Lipinski definition) is 1. The summed E-state index contributed by atoms with van der Waals surface area (Å²) in [7, 11) is 1.65. The first-order chi connectivity index (χ1) is 9.76. The van der Waals surface area contributed by atoms with Gasteiger partial charge in [-0.15, -0.1) is 0 Å². The van der Waals surface area contributed by atoms with E-state index >= 15 is 0 Å². The van der Waals surface area contributed by atoms with Crippen LogP contribution in [0.4, 0.5) is 5.82 Å². The van der Waals surface area contributed by atoms with E-state index in [1.807, 2.05) is 24.3 Å². The molecule has 2 heterocycles. The average Bonchev–Trinajstić information content (AvgIpc) is 2.90. The molecule has 102 valence electrons. The van der Waals surface area contributed by atoms with Crippen LogP contribution in [-0.4, -0.2) is 22.2 Å². The third-order valence-corrected chi connectivity index (χ3v) is 2.96. The molecule has 0 bridgehead atoms. The van der Waals surface area contributed by atoms with E-state index in [2.05, 4.69) is 20.4 Å². The van der Waals surface area contributed by atoms with Crippen LogP contribution in [0.25, 0.3) is 10.8 Å². The van der Waals surface area contributed by atoms with Gasteiger partial charge in [-0.25, -0.2) is 4.98 Å². The molecule has 3 rings (SSSR count). The Kier molecular flexibility index (Phi) is 3.20. The smallest absolute Gasteiger partial charge is 0.223 e. The van der Waals surface area contributed by atoms with Gasteiger partial charge in [-0.3, -0.25) is 0 Å². The first kappa shape index (κ1) is 12.4. The minimum atomic E-state index is 0.459. The van der Waals surface area contributed by atoms with Crippen molar-refractivity contribution in [2.45, 2.75) is 13.5 Å². The van der Waals surface area contributed by atoms with Crippen LogP contribution in [0.2, 0.25) is 0 Å². The van der Waals surface area contributed by atoms with Gasteiger partial charge in [0.1, 0.15) is 11.6 Å². The van der Waals surface area contributed by atoms with Crippen LogP contribution in [0, 0.1) is 6.92 Å². The van der Waals surface area contributed by atoms with Gasteiger partial charge in [0.05, 0.1) is 13.7 Å². The van der Waals surface area contributed by atoms with Gasteiger partial charge in [-0.2, -0.15) is 4.98 Å². The number of ether oxygens (including phenoxy) is 1. The number of fused-ring (bicyclic) bond motifs is 1. The van der Waals surface area contributed by atoms with Crippen molar-refractivity contribution >= 4 is 16.6 Å². The standard InChI is InChI=1S/C14H14N4O2/c1-9-17-13(18-20-9)8-16-14-12-7-11(19-2)4-3-10(12)5-6-15-14/h3-7H,8H2,1-2H3,(H,15,16). The van der Waals surface area contributed by atoms with Crippen molar-refractivity contribution in [3.8, 4) is 5.75 Å². The van der Waals surface area contributed by atoms with Crippen LogP contribution in [0.5, 0.6) is 5.75 Å². The van der Waals surface area contributed by atoms with Crippen molar-refractivity contribution < 1.29 is 9.26 Å². The highest BCUT2D eigenvalue weighted by molar-refractivity contribution is 5.92. The lowest BCUT2D eigenvalue weighted by molar-refractivity contribution is 0.388. The fourth-order valence-electron chi connectivity index (χ4n) is 1.99. The maximum Gasteiger partial charge on any atom is 0.223 e. The number of nitrogens with zero attached hydrogens (tertiary/aromatic N) is 3. The van der Waals surface area contributed by atoms with Gasteiger partial charge >= 0.3 is 0 Å². The second-order valence-corrected chi connectivity index (χ2v) is 4.33. The molecular formula is C14H14N4O2. The summed E-state index contributed by atoms with van der Waals surface area (Å²) in [5.41, 5.74) is 0. The Labute approximate surface area is 115 Å². The number of rotatable bonds is 4. The average molecular weight is 270 g/mol. The highest BCUT2D eigenvalue weighted by Gasteiger charge is 2.06. The zero-order chi connectivity index (χ0) is 13.9. The predicted molar refractivity (Wildman–Crippen MR) is 74.7 cm³/mol. The van der Waals surface area contributed by atoms with Crippen LogP contribution in [0.15, 0.2) is 35.0 Å². The molecule has 0 amide bonds. The Balaban J connectivity index is 1.90. The molecule has 20 heavy (non-hydrogen) atoms. The Morgan fingerprint density at radius 3 is 2.95 bits per heavy atom. The molecular weight excluding hydrogens is 256 g/mol. The second-order valence-electron chi connectivity index (χ2n) is 4.33. The maximum atomic E-state index is 5.25. The van der Waals surface area contributed by atoms with Gasteiger partial charge in [-0.05, 0) is 23.6 Å². The van der Waals surface area contributed by atoms with Crippen molar-refractivity contribution in [3.05, 3.63) is 42.2 Å². The Hall–Kier alpha value is -2.63. The summed E-state index contributed by atoms with van der Waals surface area (Å²) in [5, 5.41) is 9.14. The molecule has 0 saturated heterocycles. The van der Waals surface area contributed by atoms with E-state index in [1.165, 1.54) is 0 Å². The lowest BCUT2D eigenvalue weighted by Gasteiger charge is -2.08. The molecule has 0 unspecified atom stereocenters. The zero-order valence-electron chi connectivity index (χ0n) is 11.3. The van der Waals surface area contributed by atoms with Gasteiger partial charge in [-0.1, -0.05) is 11.2 Å². The minimum Gasteiger partial charge on any atom is -0.497 e. The minimum absolute atomic E-state index is 0.459. The molecule has 0 spiro atoms. The Bertz CT molecular complexity index is 739. The molecule has 0 saturated carbocycles. The van der Waals surface area contributed by atoms with E-state index in [4.69, 9.17) is 9.26 Å². The molecule has 0 aliphatic carbocycles. The summed E-state index contributed by atoms with van der Waals surface area (Å²) in [6.45, 7) is 2.22. The molecule has 6 heteroatoms. The Morgan fingerprint density at radius 1 is 1.30 bits per heavy atom. The van der Waals surface area contributed by atoms with Gasteiger partial charge in [0.2, 0.25) is 5.89 Å². The van der Waals surface area contributed by atoms with Crippen molar-refractivity contribution in [2.24, 2.45) is 0 Å². The van der Waals surface area contributed by atoms with Crippen molar-refractivity contribution in [2.75, 3.05) is 12.4 Å². The number of methoxy groups -OCH3 is 1. The van der Waals surface area contributed by atoms with Gasteiger partial charge < -0.3 is 14.6 Å².